The molecule has 0 saturated heterocycles. The van der Waals surface area contributed by atoms with Gasteiger partial charge in [0.1, 0.15) is 11.5 Å². The van der Waals surface area contributed by atoms with E-state index in [1.807, 2.05) is 19.1 Å². The summed E-state index contributed by atoms with van der Waals surface area (Å²) in [6, 6.07) is 7.10. The molecule has 1 unspecified atom stereocenters. The molecule has 0 saturated carbocycles. The minimum Gasteiger partial charge on any atom is -0.481 e. The number of carbonyl (C=O) groups excluding carboxylic acids is 2. The normalized spacial score (nSPS) is 11.7. The van der Waals surface area contributed by atoms with Gasteiger partial charge in [0.25, 0.3) is 5.91 Å². The van der Waals surface area contributed by atoms with Crippen molar-refractivity contribution in [2.75, 3.05) is 0 Å². The molecule has 0 aliphatic rings. The maximum absolute atomic E-state index is 11.4. The fraction of sp³-hybridized carbons (Fsp3) is 0.385. The van der Waals surface area contributed by atoms with E-state index in [9.17, 15) is 9.59 Å². The van der Waals surface area contributed by atoms with E-state index >= 15 is 0 Å². The lowest BCUT2D eigenvalue weighted by Crippen LogP contribution is -2.41. The van der Waals surface area contributed by atoms with Crippen LogP contribution in [0, 0.1) is 0 Å². The van der Waals surface area contributed by atoms with Crippen molar-refractivity contribution in [1.82, 2.24) is 5.43 Å². The predicted octanol–water partition coefficient (Wildman–Crippen LogP) is 0.965. The van der Waals surface area contributed by atoms with Crippen LogP contribution in [-0.2, 0) is 16.0 Å². The van der Waals surface area contributed by atoms with Crippen LogP contribution in [0.4, 0.5) is 0 Å². The average Bonchev–Trinajstić information content (AvgIpc) is 2.36. The van der Waals surface area contributed by atoms with E-state index in [-0.39, 0.29) is 11.7 Å². The van der Waals surface area contributed by atoms with Gasteiger partial charge in [0.2, 0.25) is 0 Å². The van der Waals surface area contributed by atoms with Gasteiger partial charge >= 0.3 is 0 Å². The van der Waals surface area contributed by atoms with Crippen molar-refractivity contribution in [3.05, 3.63) is 29.8 Å². The number of Topliss-reactive ketones (excluding diaryl/α,β-unsaturated/α-hetero) is 1. The van der Waals surface area contributed by atoms with Gasteiger partial charge in [-0.25, -0.2) is 5.84 Å². The Morgan fingerprint density at radius 2 is 1.94 bits per heavy atom. The smallest absolute Gasteiger partial charge is 0.274 e. The zero-order chi connectivity index (χ0) is 13.5. The van der Waals surface area contributed by atoms with Gasteiger partial charge in [-0.1, -0.05) is 19.1 Å². The summed E-state index contributed by atoms with van der Waals surface area (Å²) < 4.78 is 5.50. The summed E-state index contributed by atoms with van der Waals surface area (Å²) in [6.45, 7) is 3.38. The molecule has 5 heteroatoms. The topological polar surface area (TPSA) is 81.4 Å². The molecule has 0 spiro atoms. The van der Waals surface area contributed by atoms with Crippen LogP contribution < -0.4 is 16.0 Å². The van der Waals surface area contributed by atoms with Gasteiger partial charge in [-0.05, 0) is 31.0 Å². The van der Waals surface area contributed by atoms with Gasteiger partial charge in [-0.15, -0.1) is 0 Å². The highest BCUT2D eigenvalue weighted by molar-refractivity contribution is 5.80. The van der Waals surface area contributed by atoms with Crippen molar-refractivity contribution in [1.29, 1.82) is 0 Å². The van der Waals surface area contributed by atoms with E-state index < -0.39 is 6.10 Å². The molecule has 0 radical (unpaired) electrons. The van der Waals surface area contributed by atoms with Gasteiger partial charge in [0.15, 0.2) is 6.10 Å². The van der Waals surface area contributed by atoms with Crippen LogP contribution in [0.15, 0.2) is 24.3 Å². The molecular weight excluding hydrogens is 232 g/mol. The Balaban J connectivity index is 2.67. The molecule has 3 N–H and O–H groups in total. The molecule has 0 bridgehead atoms. The maximum Gasteiger partial charge on any atom is 0.274 e. The Labute approximate surface area is 106 Å². The quantitative estimate of drug-likeness (QED) is 0.448. The zero-order valence-electron chi connectivity index (χ0n) is 10.6. The largest absolute Gasteiger partial charge is 0.481 e. The summed E-state index contributed by atoms with van der Waals surface area (Å²) in [4.78, 5) is 22.3. The lowest BCUT2D eigenvalue weighted by atomic mass is 10.1. The molecular formula is C13H18N2O3. The highest BCUT2D eigenvalue weighted by Gasteiger charge is 2.16. The number of ketones is 1. The molecule has 98 valence electrons. The Morgan fingerprint density at radius 3 is 2.39 bits per heavy atom. The van der Waals surface area contributed by atoms with Crippen LogP contribution in [0.1, 0.15) is 25.8 Å². The second kappa shape index (κ2) is 6.76. The Morgan fingerprint density at radius 1 is 1.33 bits per heavy atom. The lowest BCUT2D eigenvalue weighted by molar-refractivity contribution is -0.128. The van der Waals surface area contributed by atoms with Crippen LogP contribution in [0.2, 0.25) is 0 Å². The van der Waals surface area contributed by atoms with E-state index in [4.69, 9.17) is 10.6 Å². The van der Waals surface area contributed by atoms with Crippen molar-refractivity contribution >= 4 is 11.7 Å². The molecule has 0 aliphatic carbocycles. The second-order valence-electron chi connectivity index (χ2n) is 4.05. The number of nitrogens with one attached hydrogen (secondary N) is 1. The first-order valence-corrected chi connectivity index (χ1v) is 5.82. The first-order valence-electron chi connectivity index (χ1n) is 5.82. The lowest BCUT2D eigenvalue weighted by Gasteiger charge is -2.15. The average molecular weight is 250 g/mol. The highest BCUT2D eigenvalue weighted by Crippen LogP contribution is 2.15. The molecule has 1 aromatic rings. The van der Waals surface area contributed by atoms with Crippen molar-refractivity contribution in [3.8, 4) is 5.75 Å². The third-order valence-corrected chi connectivity index (χ3v) is 2.46. The Hall–Kier alpha value is -1.88. The van der Waals surface area contributed by atoms with Gasteiger partial charge < -0.3 is 4.74 Å². The van der Waals surface area contributed by atoms with Crippen LogP contribution >= 0.6 is 0 Å². The molecule has 0 aromatic heterocycles. The fourth-order valence-corrected chi connectivity index (χ4v) is 1.55. The van der Waals surface area contributed by atoms with E-state index in [1.165, 1.54) is 0 Å². The third kappa shape index (κ3) is 4.18. The number of hydrogen-bond acceptors (Lipinski definition) is 4. The van der Waals surface area contributed by atoms with Crippen molar-refractivity contribution < 1.29 is 14.3 Å². The van der Waals surface area contributed by atoms with Gasteiger partial charge in [-0.2, -0.15) is 0 Å². The third-order valence-electron chi connectivity index (χ3n) is 2.46. The first kappa shape index (κ1) is 14.2. The van der Waals surface area contributed by atoms with E-state index in [2.05, 4.69) is 5.43 Å². The summed E-state index contributed by atoms with van der Waals surface area (Å²) in [5.41, 5.74) is 2.99. The summed E-state index contributed by atoms with van der Waals surface area (Å²) in [6.07, 6.45) is 0.326. The summed E-state index contributed by atoms with van der Waals surface area (Å²) in [5, 5.41) is 0. The minimum absolute atomic E-state index is 0.109. The molecule has 5 nitrogen and oxygen atoms in total. The zero-order valence-corrected chi connectivity index (χ0v) is 10.6. The van der Waals surface area contributed by atoms with E-state index in [0.717, 1.165) is 5.56 Å². The number of nitrogens with two attached hydrogens (primary N) is 1. The predicted molar refractivity (Wildman–Crippen MR) is 67.9 cm³/mol. The molecule has 0 fully saturated rings. The first-order chi connectivity index (χ1) is 8.56. The fourth-order valence-electron chi connectivity index (χ4n) is 1.55. The van der Waals surface area contributed by atoms with Crippen LogP contribution in [0.25, 0.3) is 0 Å². The van der Waals surface area contributed by atoms with Crippen LogP contribution in [0.5, 0.6) is 5.75 Å². The van der Waals surface area contributed by atoms with Crippen molar-refractivity contribution in [2.24, 2.45) is 5.84 Å². The van der Waals surface area contributed by atoms with Gasteiger partial charge in [0.05, 0.1) is 0 Å². The Kier molecular flexibility index (Phi) is 5.32. The minimum atomic E-state index is -0.603. The van der Waals surface area contributed by atoms with Crippen LogP contribution in [-0.4, -0.2) is 17.8 Å². The summed E-state index contributed by atoms with van der Waals surface area (Å²) in [7, 11) is 0. The van der Waals surface area contributed by atoms with Gasteiger partial charge in [0, 0.05) is 6.42 Å². The summed E-state index contributed by atoms with van der Waals surface area (Å²) >= 11 is 0. The SMILES string of the molecule is CCC(Oc1ccc(CC(C)=O)cc1)C(=O)NN. The molecule has 18 heavy (non-hydrogen) atoms. The standard InChI is InChI=1S/C13H18N2O3/c1-3-12(13(17)15-14)18-11-6-4-10(5-7-11)8-9(2)16/h4-7,12H,3,8,14H2,1-2H3,(H,15,17). The molecule has 1 atom stereocenters. The molecule has 1 amide bonds. The Bertz CT molecular complexity index is 415. The second-order valence-corrected chi connectivity index (χ2v) is 4.05. The maximum atomic E-state index is 11.4. The number of ether oxygens (including phenoxy) is 1. The molecule has 0 aliphatic heterocycles. The van der Waals surface area contributed by atoms with Crippen molar-refractivity contribution in [3.63, 3.8) is 0 Å². The van der Waals surface area contributed by atoms with E-state index in [0.29, 0.717) is 18.6 Å². The number of hydrazine groups is 1. The monoisotopic (exact) mass is 250 g/mol. The highest BCUT2D eigenvalue weighted by atomic mass is 16.5. The van der Waals surface area contributed by atoms with E-state index in [1.54, 1.807) is 19.1 Å². The number of hydrogen-bond donors (Lipinski definition) is 2. The number of rotatable bonds is 6. The van der Waals surface area contributed by atoms with Crippen molar-refractivity contribution in [2.45, 2.75) is 32.8 Å². The van der Waals surface area contributed by atoms with Crippen LogP contribution in [0.3, 0.4) is 0 Å². The number of amides is 1. The number of benzene rings is 1. The molecule has 0 heterocycles. The number of carbonyl (C=O) groups is 2. The molecule has 1 aromatic carbocycles. The molecule has 1 rings (SSSR count). The van der Waals surface area contributed by atoms with Gasteiger partial charge in [-0.3, -0.25) is 15.0 Å². The summed E-state index contributed by atoms with van der Waals surface area (Å²) in [5.74, 6) is 5.40.